The van der Waals surface area contributed by atoms with E-state index in [1.807, 2.05) is 19.2 Å². The van der Waals surface area contributed by atoms with Gasteiger partial charge in [-0.1, -0.05) is 0 Å². The van der Waals surface area contributed by atoms with E-state index in [4.69, 9.17) is 0 Å². The normalized spacial score (nSPS) is 13.3. The van der Waals surface area contributed by atoms with Gasteiger partial charge in [0.2, 0.25) is 0 Å². The molecule has 0 aliphatic carbocycles. The first-order chi connectivity index (χ1) is 7.02. The maximum absolute atomic E-state index is 12.0. The third kappa shape index (κ3) is 1.62. The Kier molecular flexibility index (Phi) is 2.66. The number of halogens is 1. The number of nitrogens with zero attached hydrogens (tertiary/aromatic N) is 2. The molecule has 15 heavy (non-hydrogen) atoms. The molecule has 0 aromatic carbocycles. The fraction of sp³-hybridized carbons (Fsp3) is 0.333. The maximum Gasteiger partial charge on any atom is 0.273 e. The molecule has 3 N–H and O–H groups in total. The van der Waals surface area contributed by atoms with Gasteiger partial charge in [0.25, 0.3) is 5.56 Å². The molecule has 0 radical (unpaired) electrons. The van der Waals surface area contributed by atoms with E-state index in [2.05, 4.69) is 26.6 Å². The summed E-state index contributed by atoms with van der Waals surface area (Å²) in [5.41, 5.74) is 5.47. The van der Waals surface area contributed by atoms with Gasteiger partial charge < -0.3 is 5.73 Å². The molecule has 0 amide bonds. The van der Waals surface area contributed by atoms with Gasteiger partial charge in [-0.25, -0.2) is 4.98 Å². The van der Waals surface area contributed by atoms with E-state index < -0.39 is 0 Å². The average molecular weight is 289 g/mol. The summed E-state index contributed by atoms with van der Waals surface area (Å²) in [5, 5.41) is 1.92. The van der Waals surface area contributed by atoms with Gasteiger partial charge in [0.1, 0.15) is 16.2 Å². The summed E-state index contributed by atoms with van der Waals surface area (Å²) in [4.78, 5) is 17.1. The summed E-state index contributed by atoms with van der Waals surface area (Å²) in [6.07, 6.45) is 0. The molecule has 0 spiro atoms. The van der Waals surface area contributed by atoms with Gasteiger partial charge in [-0.2, -0.15) is 0 Å². The van der Waals surface area contributed by atoms with E-state index in [1.165, 1.54) is 11.3 Å². The van der Waals surface area contributed by atoms with Crippen LogP contribution in [0.1, 0.15) is 24.4 Å². The van der Waals surface area contributed by atoms with Gasteiger partial charge in [0.05, 0.1) is 0 Å². The largest absolute Gasteiger partial charge is 0.350 e. The van der Waals surface area contributed by atoms with E-state index >= 15 is 0 Å². The summed E-state index contributed by atoms with van der Waals surface area (Å²) < 4.78 is 2.13. The third-order valence-electron chi connectivity index (χ3n) is 2.18. The lowest BCUT2D eigenvalue weighted by Gasteiger charge is -2.05. The van der Waals surface area contributed by atoms with Crippen molar-refractivity contribution in [3.05, 3.63) is 31.6 Å². The topological polar surface area (TPSA) is 62.0 Å². The van der Waals surface area contributed by atoms with Crippen molar-refractivity contribution >= 4 is 32.2 Å². The second-order valence-corrected chi connectivity index (χ2v) is 5.14. The van der Waals surface area contributed by atoms with Crippen molar-refractivity contribution in [2.75, 3.05) is 0 Å². The van der Waals surface area contributed by atoms with Crippen LogP contribution >= 0.6 is 27.3 Å². The lowest BCUT2D eigenvalue weighted by Crippen LogP contribution is -2.52. The number of quaternary nitrogens is 1. The first-order valence-electron chi connectivity index (χ1n) is 4.51. The number of thiazole rings is 1. The van der Waals surface area contributed by atoms with Crippen molar-refractivity contribution in [2.24, 2.45) is 0 Å². The summed E-state index contributed by atoms with van der Waals surface area (Å²) in [6.45, 7) is 3.82. The van der Waals surface area contributed by atoms with Crippen LogP contribution in [0, 0.1) is 6.92 Å². The van der Waals surface area contributed by atoms with Crippen LogP contribution < -0.4 is 11.3 Å². The summed E-state index contributed by atoms with van der Waals surface area (Å²) in [5.74, 6) is 0. The molecule has 6 heteroatoms. The van der Waals surface area contributed by atoms with Gasteiger partial charge in [0, 0.05) is 11.1 Å². The Balaban J connectivity index is 2.91. The Labute approximate surface area is 98.9 Å². The lowest BCUT2D eigenvalue weighted by atomic mass is 10.2. The highest BCUT2D eigenvalue weighted by molar-refractivity contribution is 9.10. The monoisotopic (exact) mass is 288 g/mol. The first kappa shape index (κ1) is 10.8. The van der Waals surface area contributed by atoms with Gasteiger partial charge in [-0.3, -0.25) is 9.20 Å². The van der Waals surface area contributed by atoms with E-state index in [-0.39, 0.29) is 11.6 Å². The summed E-state index contributed by atoms with van der Waals surface area (Å²) >= 11 is 4.76. The lowest BCUT2D eigenvalue weighted by molar-refractivity contribution is -0.421. The second kappa shape index (κ2) is 3.70. The quantitative estimate of drug-likeness (QED) is 0.855. The van der Waals surface area contributed by atoms with Gasteiger partial charge >= 0.3 is 0 Å². The Hall–Kier alpha value is -0.720. The number of hydrogen-bond donors (Lipinski definition) is 1. The highest BCUT2D eigenvalue weighted by Crippen LogP contribution is 2.19. The SMILES string of the molecule is Cc1csc2nc(C(C)[NH3+])c(Br)c(=O)n12. The van der Waals surface area contributed by atoms with Crippen LogP contribution in [0.25, 0.3) is 4.96 Å². The zero-order valence-electron chi connectivity index (χ0n) is 8.45. The number of rotatable bonds is 1. The molecule has 0 bridgehead atoms. The molecule has 1 unspecified atom stereocenters. The van der Waals surface area contributed by atoms with Gasteiger partial charge in [-0.05, 0) is 29.8 Å². The van der Waals surface area contributed by atoms with Gasteiger partial charge in [0.15, 0.2) is 4.96 Å². The standard InChI is InChI=1S/C9H10BrN3OS/c1-4-3-15-9-12-7(5(2)11)6(10)8(14)13(4)9/h3,5H,11H2,1-2H3/p+1. The minimum Gasteiger partial charge on any atom is -0.350 e. The van der Waals surface area contributed by atoms with Crippen molar-refractivity contribution < 1.29 is 5.73 Å². The van der Waals surface area contributed by atoms with Crippen molar-refractivity contribution in [1.82, 2.24) is 9.38 Å². The fourth-order valence-corrected chi connectivity index (χ4v) is 2.93. The minimum atomic E-state index is -0.0516. The predicted octanol–water partition coefficient (Wildman–Crippen LogP) is 1.13. The Morgan fingerprint density at radius 3 is 2.93 bits per heavy atom. The molecule has 1 atom stereocenters. The van der Waals surface area contributed by atoms with Crippen LogP contribution in [0.15, 0.2) is 14.6 Å². The van der Waals surface area contributed by atoms with E-state index in [0.717, 1.165) is 16.3 Å². The van der Waals surface area contributed by atoms with Crippen LogP contribution in [0.5, 0.6) is 0 Å². The molecule has 0 aliphatic heterocycles. The van der Waals surface area contributed by atoms with E-state index in [9.17, 15) is 4.79 Å². The van der Waals surface area contributed by atoms with Crippen LogP contribution in [-0.2, 0) is 0 Å². The Morgan fingerprint density at radius 2 is 2.33 bits per heavy atom. The molecule has 2 rings (SSSR count). The number of hydrogen-bond acceptors (Lipinski definition) is 3. The summed E-state index contributed by atoms with van der Waals surface area (Å²) in [7, 11) is 0. The minimum absolute atomic E-state index is 0.000480. The molecule has 0 saturated heterocycles. The van der Waals surface area contributed by atoms with Crippen LogP contribution in [0.2, 0.25) is 0 Å². The molecule has 0 aliphatic rings. The van der Waals surface area contributed by atoms with Crippen LogP contribution in [0.4, 0.5) is 0 Å². The second-order valence-electron chi connectivity index (χ2n) is 3.51. The number of aromatic nitrogens is 2. The molecule has 2 heterocycles. The van der Waals surface area contributed by atoms with E-state index in [1.54, 1.807) is 4.40 Å². The van der Waals surface area contributed by atoms with Crippen molar-refractivity contribution in [3.63, 3.8) is 0 Å². The highest BCUT2D eigenvalue weighted by atomic mass is 79.9. The fourth-order valence-electron chi connectivity index (χ4n) is 1.40. The Morgan fingerprint density at radius 1 is 1.67 bits per heavy atom. The van der Waals surface area contributed by atoms with Crippen molar-refractivity contribution in [3.8, 4) is 0 Å². The average Bonchev–Trinajstić information content (AvgIpc) is 2.53. The van der Waals surface area contributed by atoms with Crippen LogP contribution in [-0.4, -0.2) is 9.38 Å². The number of fused-ring (bicyclic) bond motifs is 1. The molecule has 2 aromatic rings. The molecular formula is C9H11BrN3OS+. The molecule has 4 nitrogen and oxygen atoms in total. The van der Waals surface area contributed by atoms with E-state index in [0.29, 0.717) is 4.47 Å². The Bertz CT molecular complexity index is 572. The zero-order chi connectivity index (χ0) is 11.2. The van der Waals surface area contributed by atoms with Crippen molar-refractivity contribution in [2.45, 2.75) is 19.9 Å². The molecule has 0 fully saturated rings. The smallest absolute Gasteiger partial charge is 0.273 e. The molecular weight excluding hydrogens is 278 g/mol. The zero-order valence-corrected chi connectivity index (χ0v) is 10.9. The van der Waals surface area contributed by atoms with Crippen LogP contribution in [0.3, 0.4) is 0 Å². The highest BCUT2D eigenvalue weighted by Gasteiger charge is 2.17. The third-order valence-corrected chi connectivity index (χ3v) is 3.87. The van der Waals surface area contributed by atoms with Crippen molar-refractivity contribution in [1.29, 1.82) is 0 Å². The molecule has 0 saturated carbocycles. The van der Waals surface area contributed by atoms with Gasteiger partial charge in [-0.15, -0.1) is 11.3 Å². The number of aryl methyl sites for hydroxylation is 1. The first-order valence-corrected chi connectivity index (χ1v) is 6.19. The summed E-state index contributed by atoms with van der Waals surface area (Å²) in [6, 6.07) is -0.000480. The molecule has 80 valence electrons. The predicted molar refractivity (Wildman–Crippen MR) is 63.1 cm³/mol. The molecule has 2 aromatic heterocycles. The maximum atomic E-state index is 12.0.